The Morgan fingerprint density at radius 3 is 2.56 bits per heavy atom. The number of rotatable bonds is 4. The minimum Gasteiger partial charge on any atom is -0.341 e. The quantitative estimate of drug-likeness (QED) is 0.810. The summed E-state index contributed by atoms with van der Waals surface area (Å²) < 4.78 is 37.5. The number of hydrogen-bond acceptors (Lipinski definition) is 1. The third-order valence-electron chi connectivity index (χ3n) is 2.56. The highest BCUT2D eigenvalue weighted by molar-refractivity contribution is 5.75. The van der Waals surface area contributed by atoms with E-state index in [0.717, 1.165) is 18.6 Å². The van der Waals surface area contributed by atoms with E-state index < -0.39 is 11.7 Å². The summed E-state index contributed by atoms with van der Waals surface area (Å²) in [6.07, 6.45) is -3.21. The molecule has 0 aliphatic carbocycles. The van der Waals surface area contributed by atoms with Crippen LogP contribution in [0, 0.1) is 0 Å². The number of alkyl halides is 3. The molecule has 0 saturated carbocycles. The van der Waals surface area contributed by atoms with E-state index in [2.05, 4.69) is 0 Å². The first-order valence-corrected chi connectivity index (χ1v) is 5.74. The largest absolute Gasteiger partial charge is 0.416 e. The molecule has 0 spiro atoms. The summed E-state index contributed by atoms with van der Waals surface area (Å²) in [6.45, 7) is 2.08. The van der Waals surface area contributed by atoms with Gasteiger partial charge in [0, 0.05) is 20.0 Å². The fraction of sp³-hybridized carbons (Fsp3) is 0.462. The Balaban J connectivity index is 2.76. The average Bonchev–Trinajstić information content (AvgIpc) is 2.28. The first kappa shape index (κ1) is 14.5. The predicted octanol–water partition coefficient (Wildman–Crippen LogP) is 3.46. The van der Waals surface area contributed by atoms with Crippen LogP contribution in [0.3, 0.4) is 0 Å². The van der Waals surface area contributed by atoms with E-state index in [1.54, 1.807) is 13.1 Å². The highest BCUT2D eigenvalue weighted by atomic mass is 19.4. The lowest BCUT2D eigenvalue weighted by Gasteiger charge is -2.17. The molecule has 0 aromatic heterocycles. The van der Waals surface area contributed by atoms with Gasteiger partial charge in [-0.05, 0) is 24.1 Å². The highest BCUT2D eigenvalue weighted by Crippen LogP contribution is 2.29. The van der Waals surface area contributed by atoms with Gasteiger partial charge in [-0.2, -0.15) is 13.2 Å². The summed E-state index contributed by atoms with van der Waals surface area (Å²) in [5, 5.41) is 0. The standard InChI is InChI=1S/C13H16F3NO/c1-3-5-12(18)17(2)9-10-6-4-7-11(8-10)13(14,15)16/h4,6-8H,3,5,9H2,1-2H3. The third kappa shape index (κ3) is 4.05. The van der Waals surface area contributed by atoms with Gasteiger partial charge in [-0.15, -0.1) is 0 Å². The van der Waals surface area contributed by atoms with Crippen molar-refractivity contribution in [1.29, 1.82) is 0 Å². The molecule has 0 radical (unpaired) electrons. The molecule has 0 heterocycles. The minimum atomic E-state index is -4.35. The van der Waals surface area contributed by atoms with E-state index in [0.29, 0.717) is 12.0 Å². The van der Waals surface area contributed by atoms with Gasteiger partial charge in [0.25, 0.3) is 0 Å². The summed E-state index contributed by atoms with van der Waals surface area (Å²) >= 11 is 0. The normalized spacial score (nSPS) is 11.4. The summed E-state index contributed by atoms with van der Waals surface area (Å²) in [7, 11) is 1.60. The first-order chi connectivity index (χ1) is 8.34. The van der Waals surface area contributed by atoms with Gasteiger partial charge in [0.1, 0.15) is 0 Å². The van der Waals surface area contributed by atoms with Crippen molar-refractivity contribution in [3.63, 3.8) is 0 Å². The van der Waals surface area contributed by atoms with Gasteiger partial charge in [-0.3, -0.25) is 4.79 Å². The van der Waals surface area contributed by atoms with Gasteiger partial charge >= 0.3 is 6.18 Å². The molecule has 18 heavy (non-hydrogen) atoms. The second-order valence-electron chi connectivity index (χ2n) is 4.20. The number of carbonyl (C=O) groups is 1. The molecule has 0 aliphatic heterocycles. The summed E-state index contributed by atoms with van der Waals surface area (Å²) in [5.74, 6) is -0.0603. The Morgan fingerprint density at radius 2 is 2.00 bits per heavy atom. The fourth-order valence-electron chi connectivity index (χ4n) is 1.61. The summed E-state index contributed by atoms with van der Waals surface area (Å²) in [6, 6.07) is 5.05. The van der Waals surface area contributed by atoms with Gasteiger partial charge in [-0.1, -0.05) is 19.1 Å². The summed E-state index contributed by atoms with van der Waals surface area (Å²) in [4.78, 5) is 13.0. The Morgan fingerprint density at radius 1 is 1.33 bits per heavy atom. The van der Waals surface area contributed by atoms with Gasteiger partial charge in [-0.25, -0.2) is 0 Å². The van der Waals surface area contributed by atoms with Crippen LogP contribution in [-0.4, -0.2) is 17.9 Å². The van der Waals surface area contributed by atoms with Crippen LogP contribution in [0.2, 0.25) is 0 Å². The molecule has 0 atom stereocenters. The molecular formula is C13H16F3NO. The lowest BCUT2D eigenvalue weighted by molar-refractivity contribution is -0.137. The van der Waals surface area contributed by atoms with Crippen molar-refractivity contribution in [3.05, 3.63) is 35.4 Å². The zero-order chi connectivity index (χ0) is 13.8. The van der Waals surface area contributed by atoms with Crippen LogP contribution >= 0.6 is 0 Å². The number of hydrogen-bond donors (Lipinski definition) is 0. The second-order valence-corrected chi connectivity index (χ2v) is 4.20. The fourth-order valence-corrected chi connectivity index (χ4v) is 1.61. The molecule has 0 aliphatic rings. The predicted molar refractivity (Wildman–Crippen MR) is 62.8 cm³/mol. The van der Waals surface area contributed by atoms with E-state index >= 15 is 0 Å². The van der Waals surface area contributed by atoms with Crippen molar-refractivity contribution >= 4 is 5.91 Å². The lowest BCUT2D eigenvalue weighted by atomic mass is 10.1. The van der Waals surface area contributed by atoms with Crippen molar-refractivity contribution in [2.75, 3.05) is 7.05 Å². The Kier molecular flexibility index (Phi) is 4.76. The van der Waals surface area contributed by atoms with Crippen molar-refractivity contribution in [1.82, 2.24) is 4.90 Å². The smallest absolute Gasteiger partial charge is 0.341 e. The number of carbonyl (C=O) groups excluding carboxylic acids is 1. The van der Waals surface area contributed by atoms with E-state index in [1.165, 1.54) is 11.0 Å². The van der Waals surface area contributed by atoms with Crippen LogP contribution in [0.15, 0.2) is 24.3 Å². The number of nitrogens with zero attached hydrogens (tertiary/aromatic N) is 1. The maximum absolute atomic E-state index is 12.5. The molecule has 2 nitrogen and oxygen atoms in total. The monoisotopic (exact) mass is 259 g/mol. The van der Waals surface area contributed by atoms with Gasteiger partial charge in [0.15, 0.2) is 0 Å². The molecule has 1 rings (SSSR count). The SMILES string of the molecule is CCCC(=O)N(C)Cc1cccc(C(F)(F)F)c1. The molecule has 1 aromatic carbocycles. The van der Waals surface area contributed by atoms with Gasteiger partial charge in [0.2, 0.25) is 5.91 Å². The lowest BCUT2D eigenvalue weighted by Crippen LogP contribution is -2.25. The Bertz CT molecular complexity index is 415. The molecule has 0 saturated heterocycles. The zero-order valence-electron chi connectivity index (χ0n) is 10.4. The van der Waals surface area contributed by atoms with E-state index in [1.807, 2.05) is 6.92 Å². The molecule has 0 N–H and O–H groups in total. The van der Waals surface area contributed by atoms with Crippen LogP contribution < -0.4 is 0 Å². The van der Waals surface area contributed by atoms with Crippen molar-refractivity contribution < 1.29 is 18.0 Å². The molecule has 5 heteroatoms. The summed E-state index contributed by atoms with van der Waals surface area (Å²) in [5.41, 5.74) is -0.201. The molecule has 100 valence electrons. The van der Waals surface area contributed by atoms with Gasteiger partial charge in [0.05, 0.1) is 5.56 Å². The van der Waals surface area contributed by atoms with E-state index in [9.17, 15) is 18.0 Å². The van der Waals surface area contributed by atoms with Crippen LogP contribution in [0.5, 0.6) is 0 Å². The number of benzene rings is 1. The Hall–Kier alpha value is -1.52. The topological polar surface area (TPSA) is 20.3 Å². The van der Waals surface area contributed by atoms with Crippen molar-refractivity contribution in [2.24, 2.45) is 0 Å². The zero-order valence-corrected chi connectivity index (χ0v) is 10.4. The number of amides is 1. The molecule has 0 fully saturated rings. The number of halogens is 3. The van der Waals surface area contributed by atoms with Crippen molar-refractivity contribution in [2.45, 2.75) is 32.5 Å². The maximum Gasteiger partial charge on any atom is 0.416 e. The van der Waals surface area contributed by atoms with Crippen LogP contribution in [0.4, 0.5) is 13.2 Å². The molecule has 1 aromatic rings. The van der Waals surface area contributed by atoms with E-state index in [-0.39, 0.29) is 12.5 Å². The molecule has 0 bridgehead atoms. The second kappa shape index (κ2) is 5.89. The average molecular weight is 259 g/mol. The third-order valence-corrected chi connectivity index (χ3v) is 2.56. The van der Waals surface area contributed by atoms with Crippen LogP contribution in [0.1, 0.15) is 30.9 Å². The van der Waals surface area contributed by atoms with Crippen molar-refractivity contribution in [3.8, 4) is 0 Å². The molecule has 1 amide bonds. The van der Waals surface area contributed by atoms with Gasteiger partial charge < -0.3 is 4.90 Å². The minimum absolute atomic E-state index is 0.0603. The first-order valence-electron chi connectivity index (χ1n) is 5.74. The molecular weight excluding hydrogens is 243 g/mol. The maximum atomic E-state index is 12.5. The van der Waals surface area contributed by atoms with E-state index in [4.69, 9.17) is 0 Å². The van der Waals surface area contributed by atoms with Crippen LogP contribution in [0.25, 0.3) is 0 Å². The Labute approximate surface area is 104 Å². The van der Waals surface area contributed by atoms with Crippen LogP contribution in [-0.2, 0) is 17.5 Å². The highest BCUT2D eigenvalue weighted by Gasteiger charge is 2.30. The molecule has 0 unspecified atom stereocenters.